The lowest BCUT2D eigenvalue weighted by Crippen LogP contribution is -2.66. The van der Waals surface area contributed by atoms with Crippen molar-refractivity contribution < 1.29 is 23.1 Å². The summed E-state index contributed by atoms with van der Waals surface area (Å²) in [6.45, 7) is 18.0. The molecule has 1 aromatic rings. The molecule has 1 aliphatic heterocycles. The van der Waals surface area contributed by atoms with Crippen LogP contribution in [0.1, 0.15) is 74.0 Å². The highest BCUT2D eigenvalue weighted by atomic mass is 28.4. The summed E-state index contributed by atoms with van der Waals surface area (Å²) in [5, 5.41) is 0. The zero-order chi connectivity index (χ0) is 23.0. The molecule has 2 amide bonds. The van der Waals surface area contributed by atoms with Gasteiger partial charge in [-0.05, 0) is 49.5 Å². The number of pyridine rings is 1. The SMILES string of the molecule is CC(C)[Si](O[C@H]1C(=O)N(C(=O)OC(C)(C)C)[C@H]1c1ccc(F)cn1)(C(C)C)C(C)C. The molecule has 0 N–H and O–H groups in total. The number of hydrogen-bond acceptors (Lipinski definition) is 5. The molecule has 1 saturated heterocycles. The average Bonchev–Trinajstić information content (AvgIpc) is 2.58. The summed E-state index contributed by atoms with van der Waals surface area (Å²) < 4.78 is 25.6. The molecule has 0 bridgehead atoms. The van der Waals surface area contributed by atoms with Gasteiger partial charge in [0.15, 0.2) is 6.10 Å². The molecule has 0 radical (unpaired) electrons. The summed E-state index contributed by atoms with van der Waals surface area (Å²) in [6, 6.07) is 2.02. The molecule has 0 aliphatic carbocycles. The zero-order valence-electron chi connectivity index (χ0n) is 19.5. The summed E-state index contributed by atoms with van der Waals surface area (Å²) >= 11 is 0. The minimum absolute atomic E-state index is 0.266. The van der Waals surface area contributed by atoms with Crippen molar-refractivity contribution in [3.63, 3.8) is 0 Å². The first kappa shape index (κ1) is 24.5. The third kappa shape index (κ3) is 4.59. The molecule has 1 fully saturated rings. The van der Waals surface area contributed by atoms with Crippen LogP contribution in [-0.2, 0) is 14.0 Å². The van der Waals surface area contributed by atoms with E-state index in [2.05, 4.69) is 46.5 Å². The van der Waals surface area contributed by atoms with Crippen LogP contribution < -0.4 is 0 Å². The lowest BCUT2D eigenvalue weighted by Gasteiger charge is -2.51. The third-order valence-corrected chi connectivity index (χ3v) is 11.8. The fourth-order valence-corrected chi connectivity index (χ4v) is 10.1. The molecule has 6 nitrogen and oxygen atoms in total. The van der Waals surface area contributed by atoms with Crippen molar-refractivity contribution in [2.75, 3.05) is 0 Å². The Labute approximate surface area is 180 Å². The van der Waals surface area contributed by atoms with Gasteiger partial charge in [-0.2, -0.15) is 0 Å². The predicted octanol–water partition coefficient (Wildman–Crippen LogP) is 5.60. The number of likely N-dealkylation sites (tertiary alicyclic amines) is 1. The largest absolute Gasteiger partial charge is 0.443 e. The van der Waals surface area contributed by atoms with E-state index in [1.165, 1.54) is 12.1 Å². The van der Waals surface area contributed by atoms with Gasteiger partial charge in [0.2, 0.25) is 8.32 Å². The van der Waals surface area contributed by atoms with Gasteiger partial charge in [-0.15, -0.1) is 0 Å². The Kier molecular flexibility index (Phi) is 7.13. The third-order valence-electron chi connectivity index (χ3n) is 5.73. The van der Waals surface area contributed by atoms with E-state index in [1.54, 1.807) is 20.8 Å². The molecule has 2 atom stereocenters. The zero-order valence-corrected chi connectivity index (χ0v) is 20.5. The Balaban J connectivity index is 2.46. The van der Waals surface area contributed by atoms with Gasteiger partial charge in [0.1, 0.15) is 17.5 Å². The van der Waals surface area contributed by atoms with Gasteiger partial charge < -0.3 is 9.16 Å². The van der Waals surface area contributed by atoms with Gasteiger partial charge in [-0.3, -0.25) is 9.78 Å². The van der Waals surface area contributed by atoms with Crippen molar-refractivity contribution >= 4 is 20.3 Å². The van der Waals surface area contributed by atoms with Crippen molar-refractivity contribution in [2.45, 2.75) is 96.7 Å². The Bertz CT molecular complexity index is 753. The Morgan fingerprint density at radius 3 is 2.03 bits per heavy atom. The standard InChI is InChI=1S/C22H35FN2O4Si/c1-13(2)30(14(3)4,15(5)6)29-19-18(17-11-10-16(23)12-24-17)25(20(19)26)21(27)28-22(7,8)9/h10-15,18-19H,1-9H3/t18-,19+/m0/s1. The second-order valence-corrected chi connectivity index (χ2v) is 15.3. The number of imide groups is 1. The monoisotopic (exact) mass is 438 g/mol. The van der Waals surface area contributed by atoms with Crippen LogP contribution in [0.2, 0.25) is 16.6 Å². The number of β-lactam (4-membered cyclic amide) rings is 1. The van der Waals surface area contributed by atoms with Gasteiger partial charge in [-0.25, -0.2) is 14.1 Å². The minimum atomic E-state index is -2.40. The van der Waals surface area contributed by atoms with E-state index in [0.29, 0.717) is 5.69 Å². The molecular weight excluding hydrogens is 403 g/mol. The number of hydrogen-bond donors (Lipinski definition) is 0. The number of carbonyl (C=O) groups is 2. The highest BCUT2D eigenvalue weighted by Gasteiger charge is 2.59. The Morgan fingerprint density at radius 2 is 1.63 bits per heavy atom. The van der Waals surface area contributed by atoms with E-state index in [4.69, 9.17) is 9.16 Å². The van der Waals surface area contributed by atoms with Gasteiger partial charge in [0.25, 0.3) is 5.91 Å². The van der Waals surface area contributed by atoms with Gasteiger partial charge >= 0.3 is 6.09 Å². The number of amides is 2. The fraction of sp³-hybridized carbons (Fsp3) is 0.682. The smallest absolute Gasteiger partial charge is 0.417 e. The van der Waals surface area contributed by atoms with Crippen molar-refractivity contribution in [2.24, 2.45) is 0 Å². The number of ether oxygens (including phenoxy) is 1. The van der Waals surface area contributed by atoms with Crippen LogP contribution in [0.3, 0.4) is 0 Å². The summed E-state index contributed by atoms with van der Waals surface area (Å²) in [6.07, 6.45) is -0.496. The summed E-state index contributed by atoms with van der Waals surface area (Å²) in [5.74, 6) is -0.917. The molecule has 2 heterocycles. The normalized spacial score (nSPS) is 20.2. The molecule has 0 unspecified atom stereocenters. The van der Waals surface area contributed by atoms with Crippen molar-refractivity contribution in [1.82, 2.24) is 9.88 Å². The van der Waals surface area contributed by atoms with Gasteiger partial charge in [-0.1, -0.05) is 41.5 Å². The van der Waals surface area contributed by atoms with E-state index >= 15 is 0 Å². The van der Waals surface area contributed by atoms with E-state index in [1.807, 2.05) is 0 Å². The van der Waals surface area contributed by atoms with Crippen LogP contribution in [0.4, 0.5) is 9.18 Å². The van der Waals surface area contributed by atoms with E-state index in [0.717, 1.165) is 11.1 Å². The summed E-state index contributed by atoms with van der Waals surface area (Å²) in [4.78, 5) is 31.0. The molecule has 0 aromatic carbocycles. The maximum atomic E-state index is 13.5. The van der Waals surface area contributed by atoms with Gasteiger partial charge in [0.05, 0.1) is 11.9 Å². The van der Waals surface area contributed by atoms with E-state index < -0.39 is 43.9 Å². The number of halogens is 1. The number of aromatic nitrogens is 1. The molecule has 8 heteroatoms. The van der Waals surface area contributed by atoms with Crippen LogP contribution in [-0.4, -0.2) is 41.9 Å². The predicted molar refractivity (Wildman–Crippen MR) is 116 cm³/mol. The molecule has 168 valence electrons. The van der Waals surface area contributed by atoms with Crippen LogP contribution in [0.25, 0.3) is 0 Å². The minimum Gasteiger partial charge on any atom is -0.443 e. The lowest BCUT2D eigenvalue weighted by molar-refractivity contribution is -0.163. The molecule has 1 aromatic heterocycles. The fourth-order valence-electron chi connectivity index (χ4n) is 4.57. The van der Waals surface area contributed by atoms with Crippen LogP contribution in [0.5, 0.6) is 0 Å². The highest BCUT2D eigenvalue weighted by Crippen LogP contribution is 2.47. The van der Waals surface area contributed by atoms with Crippen molar-refractivity contribution in [3.05, 3.63) is 29.8 Å². The van der Waals surface area contributed by atoms with E-state index in [-0.39, 0.29) is 16.6 Å². The quantitative estimate of drug-likeness (QED) is 0.427. The molecule has 2 rings (SSSR count). The molecule has 1 aliphatic rings. The maximum absolute atomic E-state index is 13.5. The van der Waals surface area contributed by atoms with Crippen LogP contribution in [0.15, 0.2) is 18.3 Å². The van der Waals surface area contributed by atoms with Crippen LogP contribution in [0, 0.1) is 5.82 Å². The first-order valence-electron chi connectivity index (χ1n) is 10.6. The number of rotatable bonds is 6. The first-order chi connectivity index (χ1) is 13.7. The van der Waals surface area contributed by atoms with Crippen molar-refractivity contribution in [3.8, 4) is 0 Å². The Hall–Kier alpha value is -1.80. The number of carbonyl (C=O) groups excluding carboxylic acids is 2. The molecular formula is C22H35FN2O4Si. The second kappa shape index (κ2) is 8.75. The highest BCUT2D eigenvalue weighted by molar-refractivity contribution is 6.77. The Morgan fingerprint density at radius 1 is 1.10 bits per heavy atom. The van der Waals surface area contributed by atoms with Crippen LogP contribution >= 0.6 is 0 Å². The van der Waals surface area contributed by atoms with Crippen molar-refractivity contribution in [1.29, 1.82) is 0 Å². The maximum Gasteiger partial charge on any atom is 0.417 e. The summed E-state index contributed by atoms with van der Waals surface area (Å²) in [7, 11) is -2.40. The lowest BCUT2D eigenvalue weighted by atomic mass is 9.95. The molecule has 0 spiro atoms. The van der Waals surface area contributed by atoms with E-state index in [9.17, 15) is 14.0 Å². The molecule has 0 saturated carbocycles. The van der Waals surface area contributed by atoms with Gasteiger partial charge in [0, 0.05) is 0 Å². The second-order valence-electron chi connectivity index (χ2n) is 9.89. The topological polar surface area (TPSA) is 68.7 Å². The first-order valence-corrected chi connectivity index (χ1v) is 12.7. The summed E-state index contributed by atoms with van der Waals surface area (Å²) in [5.41, 5.74) is 0.454. The average molecular weight is 439 g/mol. The molecule has 30 heavy (non-hydrogen) atoms. The number of nitrogens with zero attached hydrogens (tertiary/aromatic N) is 2.